The van der Waals surface area contributed by atoms with Crippen LogP contribution in [0.3, 0.4) is 0 Å². The van der Waals surface area contributed by atoms with E-state index < -0.39 is 12.3 Å². The molecule has 0 fully saturated rings. The lowest BCUT2D eigenvalue weighted by Gasteiger charge is -2.04. The number of carbonyl (C=O) groups is 1. The van der Waals surface area contributed by atoms with Gasteiger partial charge in [0, 0.05) is 13.5 Å². The molecule has 0 rings (SSSR count). The molecule has 4 heteroatoms. The highest BCUT2D eigenvalue weighted by Crippen LogP contribution is 1.95. The van der Waals surface area contributed by atoms with Crippen molar-refractivity contribution in [1.29, 1.82) is 0 Å². The third kappa shape index (κ3) is 5.26. The molecule has 1 unspecified atom stereocenters. The Hall–Kier alpha value is -0.610. The zero-order chi connectivity index (χ0) is 7.28. The molecule has 0 bridgehead atoms. The fourth-order valence-corrected chi connectivity index (χ4v) is 0.365. The van der Waals surface area contributed by atoms with E-state index in [-0.39, 0.29) is 12.8 Å². The lowest BCUT2D eigenvalue weighted by molar-refractivity contribution is -0.140. The van der Waals surface area contributed by atoms with E-state index in [9.17, 15) is 4.79 Å². The number of methoxy groups -OCH3 is 1. The molecule has 0 aliphatic heterocycles. The average molecular weight is 134 g/mol. The van der Waals surface area contributed by atoms with Crippen LogP contribution in [0.2, 0.25) is 0 Å². The van der Waals surface area contributed by atoms with Gasteiger partial charge in [-0.1, -0.05) is 0 Å². The standard InChI is InChI=1S/C5H10O4/c1-9-5(8)3-2-4(6)7/h5,8H,2-3H2,1H3,(H,6,7). The van der Waals surface area contributed by atoms with E-state index in [0.29, 0.717) is 0 Å². The maximum atomic E-state index is 9.85. The van der Waals surface area contributed by atoms with Gasteiger partial charge in [0.2, 0.25) is 0 Å². The summed E-state index contributed by atoms with van der Waals surface area (Å²) in [7, 11) is 1.33. The van der Waals surface area contributed by atoms with E-state index in [4.69, 9.17) is 10.2 Å². The summed E-state index contributed by atoms with van der Waals surface area (Å²) in [5.74, 6) is -0.925. The number of aliphatic carboxylic acids is 1. The molecule has 1 atom stereocenters. The Morgan fingerprint density at radius 1 is 1.78 bits per heavy atom. The Balaban J connectivity index is 3.16. The van der Waals surface area contributed by atoms with E-state index in [1.807, 2.05) is 0 Å². The van der Waals surface area contributed by atoms with Crippen molar-refractivity contribution in [1.82, 2.24) is 0 Å². The molecule has 2 N–H and O–H groups in total. The summed E-state index contributed by atoms with van der Waals surface area (Å²) >= 11 is 0. The molecular weight excluding hydrogens is 124 g/mol. The number of hydrogen-bond acceptors (Lipinski definition) is 3. The predicted octanol–water partition coefficient (Wildman–Crippen LogP) is -0.184. The van der Waals surface area contributed by atoms with Crippen LogP contribution >= 0.6 is 0 Å². The van der Waals surface area contributed by atoms with Crippen LogP contribution in [0.25, 0.3) is 0 Å². The predicted molar refractivity (Wildman–Crippen MR) is 29.9 cm³/mol. The third-order valence-electron chi connectivity index (χ3n) is 0.877. The second-order valence-electron chi connectivity index (χ2n) is 1.62. The SMILES string of the molecule is COC(O)CCC(=O)O. The van der Waals surface area contributed by atoms with E-state index >= 15 is 0 Å². The lowest BCUT2D eigenvalue weighted by atomic mass is 10.3. The van der Waals surface area contributed by atoms with Gasteiger partial charge in [-0.3, -0.25) is 4.79 Å². The van der Waals surface area contributed by atoms with Crippen molar-refractivity contribution in [2.45, 2.75) is 19.1 Å². The molecule has 0 aromatic carbocycles. The van der Waals surface area contributed by atoms with E-state index in [2.05, 4.69) is 4.74 Å². The van der Waals surface area contributed by atoms with Crippen molar-refractivity contribution in [2.24, 2.45) is 0 Å². The first-order chi connectivity index (χ1) is 4.16. The minimum atomic E-state index is -0.943. The first-order valence-electron chi connectivity index (χ1n) is 2.59. The van der Waals surface area contributed by atoms with Crippen LogP contribution in [0.4, 0.5) is 0 Å². The van der Waals surface area contributed by atoms with Gasteiger partial charge in [0.15, 0.2) is 6.29 Å². The number of ether oxygens (including phenoxy) is 1. The number of carboxylic acid groups (broad SMARTS) is 1. The minimum Gasteiger partial charge on any atom is -0.481 e. The van der Waals surface area contributed by atoms with Gasteiger partial charge in [-0.15, -0.1) is 0 Å². The van der Waals surface area contributed by atoms with Crippen molar-refractivity contribution in [3.05, 3.63) is 0 Å². The van der Waals surface area contributed by atoms with Crippen LogP contribution in [-0.2, 0) is 9.53 Å². The molecule has 0 aliphatic carbocycles. The van der Waals surface area contributed by atoms with Crippen LogP contribution in [-0.4, -0.2) is 29.6 Å². The van der Waals surface area contributed by atoms with Crippen molar-refractivity contribution in [3.63, 3.8) is 0 Å². The van der Waals surface area contributed by atoms with E-state index in [0.717, 1.165) is 0 Å². The van der Waals surface area contributed by atoms with E-state index in [1.165, 1.54) is 7.11 Å². The largest absolute Gasteiger partial charge is 0.481 e. The molecule has 0 radical (unpaired) electrons. The number of carboxylic acids is 1. The van der Waals surface area contributed by atoms with Gasteiger partial charge < -0.3 is 14.9 Å². The summed E-state index contributed by atoms with van der Waals surface area (Å²) in [5.41, 5.74) is 0. The zero-order valence-electron chi connectivity index (χ0n) is 5.20. The topological polar surface area (TPSA) is 66.8 Å². The highest BCUT2D eigenvalue weighted by atomic mass is 16.6. The maximum absolute atomic E-state index is 9.85. The van der Waals surface area contributed by atoms with Crippen molar-refractivity contribution in [2.75, 3.05) is 7.11 Å². The molecule has 0 saturated carbocycles. The smallest absolute Gasteiger partial charge is 0.303 e. The van der Waals surface area contributed by atoms with Gasteiger partial charge in [-0.2, -0.15) is 0 Å². The third-order valence-corrected chi connectivity index (χ3v) is 0.877. The Bertz CT molecular complexity index is 91.0. The molecule has 0 aliphatic rings. The van der Waals surface area contributed by atoms with Crippen molar-refractivity contribution in [3.8, 4) is 0 Å². The van der Waals surface area contributed by atoms with Crippen LogP contribution < -0.4 is 0 Å². The molecule has 9 heavy (non-hydrogen) atoms. The number of rotatable bonds is 4. The highest BCUT2D eigenvalue weighted by molar-refractivity contribution is 5.66. The van der Waals surface area contributed by atoms with Gasteiger partial charge in [-0.25, -0.2) is 0 Å². The maximum Gasteiger partial charge on any atom is 0.303 e. The first kappa shape index (κ1) is 8.39. The Kier molecular flexibility index (Phi) is 4.00. The van der Waals surface area contributed by atoms with Gasteiger partial charge in [0.05, 0.1) is 6.42 Å². The Labute approximate surface area is 53.1 Å². The van der Waals surface area contributed by atoms with Crippen LogP contribution in [0, 0.1) is 0 Å². The Morgan fingerprint density at radius 3 is 2.67 bits per heavy atom. The van der Waals surface area contributed by atoms with Gasteiger partial charge in [-0.05, 0) is 0 Å². The van der Waals surface area contributed by atoms with Crippen molar-refractivity contribution < 1.29 is 19.7 Å². The fraction of sp³-hybridized carbons (Fsp3) is 0.800. The summed E-state index contributed by atoms with van der Waals surface area (Å²) in [6.45, 7) is 0. The summed E-state index contributed by atoms with van der Waals surface area (Å²) in [6.07, 6.45) is -0.859. The number of aliphatic hydroxyl groups excluding tert-OH is 1. The zero-order valence-corrected chi connectivity index (χ0v) is 5.20. The summed E-state index contributed by atoms with van der Waals surface area (Å²) < 4.78 is 4.39. The number of hydrogen-bond donors (Lipinski definition) is 2. The molecule has 0 spiro atoms. The van der Waals surface area contributed by atoms with Gasteiger partial charge >= 0.3 is 5.97 Å². The van der Waals surface area contributed by atoms with E-state index in [1.54, 1.807) is 0 Å². The van der Waals surface area contributed by atoms with Crippen molar-refractivity contribution >= 4 is 5.97 Å². The molecule has 54 valence electrons. The number of aliphatic hydroxyl groups is 1. The van der Waals surface area contributed by atoms with Crippen LogP contribution in [0.5, 0.6) is 0 Å². The molecule has 0 saturated heterocycles. The second-order valence-corrected chi connectivity index (χ2v) is 1.62. The molecule has 4 nitrogen and oxygen atoms in total. The molecule has 0 amide bonds. The Morgan fingerprint density at radius 2 is 2.33 bits per heavy atom. The monoisotopic (exact) mass is 134 g/mol. The molecule has 0 aromatic rings. The summed E-state index contributed by atoms with van der Waals surface area (Å²) in [5, 5.41) is 16.7. The minimum absolute atomic E-state index is 0.0605. The summed E-state index contributed by atoms with van der Waals surface area (Å²) in [6, 6.07) is 0. The fourth-order valence-electron chi connectivity index (χ4n) is 0.365. The van der Waals surface area contributed by atoms with Gasteiger partial charge in [0.1, 0.15) is 0 Å². The lowest BCUT2D eigenvalue weighted by Crippen LogP contribution is -2.10. The van der Waals surface area contributed by atoms with Crippen LogP contribution in [0.15, 0.2) is 0 Å². The molecule has 0 heterocycles. The molecule has 0 aromatic heterocycles. The van der Waals surface area contributed by atoms with Crippen LogP contribution in [0.1, 0.15) is 12.8 Å². The quantitative estimate of drug-likeness (QED) is 0.523. The second kappa shape index (κ2) is 4.29. The normalized spacial score (nSPS) is 13.1. The molecular formula is C5H10O4. The first-order valence-corrected chi connectivity index (χ1v) is 2.59. The summed E-state index contributed by atoms with van der Waals surface area (Å²) in [4.78, 5) is 9.85. The van der Waals surface area contributed by atoms with Gasteiger partial charge in [0.25, 0.3) is 0 Å². The average Bonchev–Trinajstić information content (AvgIpc) is 1.83. The highest BCUT2D eigenvalue weighted by Gasteiger charge is 2.03.